The Labute approximate surface area is 204 Å². The van der Waals surface area contributed by atoms with Crippen LogP contribution in [0.15, 0.2) is 29.1 Å². The summed E-state index contributed by atoms with van der Waals surface area (Å²) in [6, 6.07) is 7.15. The zero-order valence-electron chi connectivity index (χ0n) is 20.7. The highest BCUT2D eigenvalue weighted by Crippen LogP contribution is 2.31. The van der Waals surface area contributed by atoms with Gasteiger partial charge in [-0.3, -0.25) is 9.59 Å². The van der Waals surface area contributed by atoms with Gasteiger partial charge in [0.15, 0.2) is 0 Å². The Hall–Kier alpha value is -3.36. The zero-order chi connectivity index (χ0) is 24.7. The lowest BCUT2D eigenvalue weighted by molar-refractivity contribution is 0.0203. The number of hydrogen-bond acceptors (Lipinski definition) is 5. The van der Waals surface area contributed by atoms with E-state index in [1.807, 2.05) is 43.9 Å². The molecule has 2 aliphatic rings. The Bertz CT molecular complexity index is 1320. The number of H-pyrrole nitrogens is 1. The number of carbonyl (C=O) groups is 2. The predicted octanol–water partition coefficient (Wildman–Crippen LogP) is 3.92. The quantitative estimate of drug-likeness (QED) is 0.601. The Kier molecular flexibility index (Phi) is 6.02. The minimum atomic E-state index is -0.536. The maximum Gasteiger partial charge on any atom is 0.410 e. The van der Waals surface area contributed by atoms with Crippen LogP contribution in [-0.2, 0) is 4.74 Å². The van der Waals surface area contributed by atoms with Gasteiger partial charge in [0.25, 0.3) is 11.5 Å². The molecule has 3 aromatic rings. The molecule has 2 saturated heterocycles. The highest BCUT2D eigenvalue weighted by molar-refractivity contribution is 6.11. The zero-order valence-corrected chi connectivity index (χ0v) is 20.7. The van der Waals surface area contributed by atoms with Crippen molar-refractivity contribution in [2.24, 2.45) is 0 Å². The van der Waals surface area contributed by atoms with Gasteiger partial charge in [-0.25, -0.2) is 9.31 Å². The number of rotatable bonds is 2. The number of carbonyl (C=O) groups excluding carboxylic acids is 2. The van der Waals surface area contributed by atoms with E-state index in [0.717, 1.165) is 38.0 Å². The molecule has 0 saturated carbocycles. The molecule has 0 spiro atoms. The molecular formula is C26H33N5O4. The van der Waals surface area contributed by atoms with Gasteiger partial charge in [0, 0.05) is 38.2 Å². The number of nitrogens with one attached hydrogen (secondary N) is 1. The van der Waals surface area contributed by atoms with Crippen LogP contribution >= 0.6 is 0 Å². The second kappa shape index (κ2) is 9.02. The van der Waals surface area contributed by atoms with E-state index >= 15 is 0 Å². The molecule has 0 atom stereocenters. The summed E-state index contributed by atoms with van der Waals surface area (Å²) in [6.45, 7) is 8.19. The Morgan fingerprint density at radius 2 is 1.74 bits per heavy atom. The number of benzene rings is 1. The fraction of sp³-hybridized carbons (Fsp3) is 0.538. The first-order valence-electron chi connectivity index (χ1n) is 12.5. The van der Waals surface area contributed by atoms with Gasteiger partial charge in [-0.2, -0.15) is 5.10 Å². The molecule has 4 heterocycles. The summed E-state index contributed by atoms with van der Waals surface area (Å²) < 4.78 is 7.30. The molecule has 2 fully saturated rings. The van der Waals surface area contributed by atoms with Crippen LogP contribution < -0.4 is 5.56 Å². The SMILES string of the molecule is CC(C)(C)OC(=O)N1CCC(c2cc(=O)[nH]c3c4c(C(=O)N5CCCCC5)cccc4nn23)CC1. The number of fused-ring (bicyclic) bond motifs is 3. The molecule has 1 N–H and O–H groups in total. The molecule has 1 aromatic carbocycles. The second-order valence-corrected chi connectivity index (χ2v) is 10.6. The molecule has 5 rings (SSSR count). The maximum absolute atomic E-state index is 13.4. The van der Waals surface area contributed by atoms with E-state index in [0.29, 0.717) is 48.0 Å². The summed E-state index contributed by atoms with van der Waals surface area (Å²) in [5.74, 6) is 0.0520. The van der Waals surface area contributed by atoms with Gasteiger partial charge in [-0.15, -0.1) is 0 Å². The molecule has 2 aliphatic heterocycles. The molecule has 0 aliphatic carbocycles. The van der Waals surface area contributed by atoms with E-state index in [9.17, 15) is 14.4 Å². The Morgan fingerprint density at radius 1 is 1.03 bits per heavy atom. The Balaban J connectivity index is 1.47. The van der Waals surface area contributed by atoms with Crippen LogP contribution in [0, 0.1) is 0 Å². The van der Waals surface area contributed by atoms with Gasteiger partial charge in [0.1, 0.15) is 11.2 Å². The molecule has 2 aromatic heterocycles. The van der Waals surface area contributed by atoms with Gasteiger partial charge in [-0.05, 0) is 65.0 Å². The van der Waals surface area contributed by atoms with Crippen molar-refractivity contribution in [2.45, 2.75) is 64.4 Å². The summed E-state index contributed by atoms with van der Waals surface area (Å²) >= 11 is 0. The number of likely N-dealkylation sites (tertiary alicyclic amines) is 2. The lowest BCUT2D eigenvalue weighted by Gasteiger charge is -2.33. The number of amides is 2. The van der Waals surface area contributed by atoms with Crippen molar-refractivity contribution in [1.82, 2.24) is 24.4 Å². The van der Waals surface area contributed by atoms with Gasteiger partial charge in [-0.1, -0.05) is 6.07 Å². The minimum absolute atomic E-state index is 0.0119. The van der Waals surface area contributed by atoms with Crippen molar-refractivity contribution in [3.05, 3.63) is 45.9 Å². The maximum atomic E-state index is 13.4. The van der Waals surface area contributed by atoms with Crippen LogP contribution in [0.3, 0.4) is 0 Å². The third kappa shape index (κ3) is 4.63. The summed E-state index contributed by atoms with van der Waals surface area (Å²) in [6.07, 6.45) is 4.27. The van der Waals surface area contributed by atoms with Crippen LogP contribution in [-0.4, -0.2) is 68.2 Å². The first kappa shape index (κ1) is 23.4. The smallest absolute Gasteiger partial charge is 0.410 e. The fourth-order valence-electron chi connectivity index (χ4n) is 5.21. The molecule has 0 unspecified atom stereocenters. The number of aromatic amines is 1. The lowest BCUT2D eigenvalue weighted by atomic mass is 9.93. The molecule has 0 bridgehead atoms. The highest BCUT2D eigenvalue weighted by Gasteiger charge is 2.30. The van der Waals surface area contributed by atoms with Gasteiger partial charge < -0.3 is 19.5 Å². The molecule has 186 valence electrons. The van der Waals surface area contributed by atoms with Crippen molar-refractivity contribution in [3.63, 3.8) is 0 Å². The van der Waals surface area contributed by atoms with Crippen molar-refractivity contribution < 1.29 is 14.3 Å². The van der Waals surface area contributed by atoms with Crippen LogP contribution in [0.4, 0.5) is 4.79 Å². The topological polar surface area (TPSA) is 100 Å². The molecule has 9 heteroatoms. The van der Waals surface area contributed by atoms with Crippen molar-refractivity contribution >= 4 is 28.6 Å². The van der Waals surface area contributed by atoms with Crippen molar-refractivity contribution in [3.8, 4) is 0 Å². The minimum Gasteiger partial charge on any atom is -0.444 e. The van der Waals surface area contributed by atoms with Gasteiger partial charge in [0.2, 0.25) is 0 Å². The predicted molar refractivity (Wildman–Crippen MR) is 133 cm³/mol. The molecule has 0 radical (unpaired) electrons. The van der Waals surface area contributed by atoms with Gasteiger partial charge in [0.05, 0.1) is 22.2 Å². The van der Waals surface area contributed by atoms with E-state index in [-0.39, 0.29) is 23.5 Å². The van der Waals surface area contributed by atoms with E-state index in [2.05, 4.69) is 4.98 Å². The number of ether oxygens (including phenoxy) is 1. The van der Waals surface area contributed by atoms with Crippen LogP contribution in [0.25, 0.3) is 16.6 Å². The lowest BCUT2D eigenvalue weighted by Crippen LogP contribution is -2.41. The summed E-state index contributed by atoms with van der Waals surface area (Å²) in [7, 11) is 0. The number of hydrogen-bond donors (Lipinski definition) is 1. The third-order valence-electron chi connectivity index (χ3n) is 6.90. The van der Waals surface area contributed by atoms with Crippen molar-refractivity contribution in [2.75, 3.05) is 26.2 Å². The monoisotopic (exact) mass is 479 g/mol. The van der Waals surface area contributed by atoms with E-state index in [1.54, 1.807) is 15.5 Å². The fourth-order valence-corrected chi connectivity index (χ4v) is 5.21. The largest absolute Gasteiger partial charge is 0.444 e. The van der Waals surface area contributed by atoms with Gasteiger partial charge >= 0.3 is 6.09 Å². The van der Waals surface area contributed by atoms with E-state index in [4.69, 9.17) is 9.84 Å². The molecule has 2 amide bonds. The van der Waals surface area contributed by atoms with Crippen LogP contribution in [0.5, 0.6) is 0 Å². The first-order chi connectivity index (χ1) is 16.7. The molecule has 9 nitrogen and oxygen atoms in total. The third-order valence-corrected chi connectivity index (χ3v) is 6.90. The number of aromatic nitrogens is 3. The Morgan fingerprint density at radius 3 is 2.43 bits per heavy atom. The number of piperidine rings is 2. The van der Waals surface area contributed by atoms with E-state index < -0.39 is 5.60 Å². The first-order valence-corrected chi connectivity index (χ1v) is 12.5. The second-order valence-electron chi connectivity index (χ2n) is 10.6. The summed E-state index contributed by atoms with van der Waals surface area (Å²) in [4.78, 5) is 45.1. The van der Waals surface area contributed by atoms with Crippen LogP contribution in [0.1, 0.15) is 74.8 Å². The summed E-state index contributed by atoms with van der Waals surface area (Å²) in [5, 5.41) is 5.48. The van der Waals surface area contributed by atoms with Crippen LogP contribution in [0.2, 0.25) is 0 Å². The number of nitrogens with zero attached hydrogens (tertiary/aromatic N) is 4. The molecular weight excluding hydrogens is 446 g/mol. The standard InChI is InChI=1S/C26H33N5O4/c1-26(2,3)35-25(34)30-14-10-17(11-15-30)20-16-21(32)27-23-22-18(8-7-9-19(22)28-31(20)23)24(33)29-12-5-4-6-13-29/h7-9,16-17H,4-6,10-15H2,1-3H3,(H,27,32). The summed E-state index contributed by atoms with van der Waals surface area (Å²) in [5.41, 5.74) is 1.86. The highest BCUT2D eigenvalue weighted by atomic mass is 16.6. The average molecular weight is 480 g/mol. The normalized spacial score (nSPS) is 17.8. The average Bonchev–Trinajstić information content (AvgIpc) is 3.21. The molecule has 35 heavy (non-hydrogen) atoms. The van der Waals surface area contributed by atoms with Crippen molar-refractivity contribution in [1.29, 1.82) is 0 Å². The van der Waals surface area contributed by atoms with E-state index in [1.165, 1.54) is 0 Å².